The zero-order chi connectivity index (χ0) is 26.2. The first-order valence-corrected chi connectivity index (χ1v) is 12.4. The van der Waals surface area contributed by atoms with E-state index in [1.807, 2.05) is 62.4 Å². The third kappa shape index (κ3) is 7.66. The monoisotopic (exact) mass is 492 g/mol. The molecule has 8 nitrogen and oxygen atoms in total. The molecule has 0 aliphatic heterocycles. The van der Waals surface area contributed by atoms with Gasteiger partial charge in [-0.3, -0.25) is 19.2 Å². The summed E-state index contributed by atoms with van der Waals surface area (Å²) in [4.78, 5) is 53.7. The summed E-state index contributed by atoms with van der Waals surface area (Å²) in [7, 11) is 3.23. The predicted octanol–water partition coefficient (Wildman–Crippen LogP) is 3.60. The standard InChI is InChI=1S/C28H36N4O4/c1-19-8-12-23(13-9-19)29-25(33)17-31(3)27(35)21-6-5-7-22(16-21)28(36)32(4)18-26(34)30-24-14-10-20(2)11-15-24/h8-15,21-22H,5-7,16-18H2,1-4H3,(H,29,33)(H,30,34). The highest BCUT2D eigenvalue weighted by atomic mass is 16.2. The number of likely N-dealkylation sites (N-methyl/N-ethyl adjacent to an activating group) is 2. The van der Waals surface area contributed by atoms with Crippen molar-refractivity contribution in [1.29, 1.82) is 0 Å². The van der Waals surface area contributed by atoms with E-state index >= 15 is 0 Å². The molecule has 2 atom stereocenters. The third-order valence-corrected chi connectivity index (χ3v) is 6.56. The number of hydrogen-bond donors (Lipinski definition) is 2. The minimum Gasteiger partial charge on any atom is -0.336 e. The number of carbonyl (C=O) groups is 4. The van der Waals surface area contributed by atoms with Crippen LogP contribution in [0.2, 0.25) is 0 Å². The molecule has 0 bridgehead atoms. The maximum absolute atomic E-state index is 13.0. The Morgan fingerprint density at radius 3 is 1.42 bits per heavy atom. The van der Waals surface area contributed by atoms with E-state index in [4.69, 9.17) is 0 Å². The maximum atomic E-state index is 13.0. The molecule has 2 aromatic carbocycles. The minimum absolute atomic E-state index is 0.0547. The summed E-state index contributed by atoms with van der Waals surface area (Å²) >= 11 is 0. The van der Waals surface area contributed by atoms with Crippen LogP contribution in [0.1, 0.15) is 36.8 Å². The van der Waals surface area contributed by atoms with Crippen molar-refractivity contribution in [2.75, 3.05) is 37.8 Å². The molecule has 36 heavy (non-hydrogen) atoms. The number of rotatable bonds is 8. The van der Waals surface area contributed by atoms with Gasteiger partial charge in [-0.2, -0.15) is 0 Å². The molecule has 0 saturated heterocycles. The van der Waals surface area contributed by atoms with E-state index in [0.29, 0.717) is 30.6 Å². The van der Waals surface area contributed by atoms with Gasteiger partial charge in [0.1, 0.15) is 0 Å². The fourth-order valence-electron chi connectivity index (χ4n) is 4.52. The highest BCUT2D eigenvalue weighted by Gasteiger charge is 2.34. The fraction of sp³-hybridized carbons (Fsp3) is 0.429. The summed E-state index contributed by atoms with van der Waals surface area (Å²) in [6.45, 7) is 3.83. The van der Waals surface area contributed by atoms with Crippen molar-refractivity contribution in [3.05, 3.63) is 59.7 Å². The van der Waals surface area contributed by atoms with Crippen LogP contribution in [0.3, 0.4) is 0 Å². The molecule has 2 unspecified atom stereocenters. The van der Waals surface area contributed by atoms with Gasteiger partial charge in [0.05, 0.1) is 13.1 Å². The van der Waals surface area contributed by atoms with Crippen molar-refractivity contribution >= 4 is 35.0 Å². The normalized spacial score (nSPS) is 17.1. The second-order valence-corrected chi connectivity index (χ2v) is 9.78. The molecule has 1 saturated carbocycles. The molecule has 1 fully saturated rings. The number of nitrogens with zero attached hydrogens (tertiary/aromatic N) is 2. The van der Waals surface area contributed by atoms with Gasteiger partial charge in [0, 0.05) is 37.3 Å². The maximum Gasteiger partial charge on any atom is 0.243 e. The van der Waals surface area contributed by atoms with E-state index < -0.39 is 0 Å². The summed E-state index contributed by atoms with van der Waals surface area (Å²) in [5, 5.41) is 5.61. The summed E-state index contributed by atoms with van der Waals surface area (Å²) < 4.78 is 0. The molecule has 1 aliphatic rings. The summed E-state index contributed by atoms with van der Waals surface area (Å²) in [5.41, 5.74) is 3.56. The highest BCUT2D eigenvalue weighted by Crippen LogP contribution is 2.31. The number of nitrogens with one attached hydrogen (secondary N) is 2. The molecule has 0 spiro atoms. The molecule has 0 heterocycles. The molecule has 1 aliphatic carbocycles. The average Bonchev–Trinajstić information content (AvgIpc) is 2.85. The van der Waals surface area contributed by atoms with Gasteiger partial charge >= 0.3 is 0 Å². The van der Waals surface area contributed by atoms with Crippen molar-refractivity contribution < 1.29 is 19.2 Å². The van der Waals surface area contributed by atoms with Crippen molar-refractivity contribution in [1.82, 2.24) is 9.80 Å². The predicted molar refractivity (Wildman–Crippen MR) is 140 cm³/mol. The summed E-state index contributed by atoms with van der Waals surface area (Å²) in [6.07, 6.45) is 2.54. The number of carbonyl (C=O) groups excluding carboxylic acids is 4. The van der Waals surface area contributed by atoms with Gasteiger partial charge < -0.3 is 20.4 Å². The van der Waals surface area contributed by atoms with Crippen LogP contribution in [0.4, 0.5) is 11.4 Å². The van der Waals surface area contributed by atoms with E-state index in [1.165, 1.54) is 9.80 Å². The SMILES string of the molecule is Cc1ccc(NC(=O)CN(C)C(=O)C2CCCC(C(=O)N(C)CC(=O)Nc3ccc(C)cc3)C2)cc1. The molecular formula is C28H36N4O4. The van der Waals surface area contributed by atoms with Crippen LogP contribution in [-0.4, -0.2) is 60.6 Å². The first-order chi connectivity index (χ1) is 17.1. The molecular weight excluding hydrogens is 456 g/mol. The smallest absolute Gasteiger partial charge is 0.243 e. The molecule has 0 radical (unpaired) electrons. The van der Waals surface area contributed by atoms with Gasteiger partial charge in [-0.05, 0) is 57.4 Å². The second-order valence-electron chi connectivity index (χ2n) is 9.78. The van der Waals surface area contributed by atoms with Crippen molar-refractivity contribution in [2.45, 2.75) is 39.5 Å². The summed E-state index contributed by atoms with van der Waals surface area (Å²) in [5.74, 6) is -1.44. The van der Waals surface area contributed by atoms with Crippen molar-refractivity contribution in [2.24, 2.45) is 11.8 Å². The number of hydrogen-bond acceptors (Lipinski definition) is 4. The van der Waals surface area contributed by atoms with Gasteiger partial charge in [-0.15, -0.1) is 0 Å². The van der Waals surface area contributed by atoms with Crippen molar-refractivity contribution in [3.8, 4) is 0 Å². The average molecular weight is 493 g/mol. The van der Waals surface area contributed by atoms with E-state index in [2.05, 4.69) is 10.6 Å². The Morgan fingerprint density at radius 2 is 1.06 bits per heavy atom. The number of anilines is 2. The third-order valence-electron chi connectivity index (χ3n) is 6.56. The minimum atomic E-state index is -0.320. The van der Waals surface area contributed by atoms with Crippen LogP contribution in [0.25, 0.3) is 0 Å². The van der Waals surface area contributed by atoms with Gasteiger partial charge in [0.15, 0.2) is 0 Å². The Balaban J connectivity index is 1.48. The van der Waals surface area contributed by atoms with Gasteiger partial charge in [0.25, 0.3) is 0 Å². The lowest BCUT2D eigenvalue weighted by Crippen LogP contribution is -2.43. The van der Waals surface area contributed by atoms with Gasteiger partial charge in [-0.25, -0.2) is 0 Å². The Bertz CT molecular complexity index is 996. The number of amides is 4. The van der Waals surface area contributed by atoms with Crippen LogP contribution in [0.5, 0.6) is 0 Å². The summed E-state index contributed by atoms with van der Waals surface area (Å²) in [6, 6.07) is 14.9. The molecule has 2 N–H and O–H groups in total. The first-order valence-electron chi connectivity index (χ1n) is 12.4. The Morgan fingerprint density at radius 1 is 0.694 bits per heavy atom. The van der Waals surface area contributed by atoms with Crippen molar-refractivity contribution in [3.63, 3.8) is 0 Å². The fourth-order valence-corrected chi connectivity index (χ4v) is 4.52. The lowest BCUT2D eigenvalue weighted by molar-refractivity contribution is -0.142. The molecule has 0 aromatic heterocycles. The Labute approximate surface area is 213 Å². The number of aryl methyl sites for hydroxylation is 2. The molecule has 3 rings (SSSR count). The van der Waals surface area contributed by atoms with E-state index in [-0.39, 0.29) is 48.6 Å². The lowest BCUT2D eigenvalue weighted by Gasteiger charge is -2.32. The van der Waals surface area contributed by atoms with E-state index in [1.54, 1.807) is 14.1 Å². The van der Waals surface area contributed by atoms with Crippen LogP contribution < -0.4 is 10.6 Å². The Kier molecular flexibility index (Phi) is 9.22. The largest absolute Gasteiger partial charge is 0.336 e. The molecule has 192 valence electrons. The zero-order valence-electron chi connectivity index (χ0n) is 21.5. The van der Waals surface area contributed by atoms with Gasteiger partial charge in [-0.1, -0.05) is 41.8 Å². The molecule has 8 heteroatoms. The van der Waals surface area contributed by atoms with Crippen LogP contribution in [0.15, 0.2) is 48.5 Å². The second kappa shape index (κ2) is 12.3. The van der Waals surface area contributed by atoms with Gasteiger partial charge in [0.2, 0.25) is 23.6 Å². The lowest BCUT2D eigenvalue weighted by atomic mass is 9.80. The zero-order valence-corrected chi connectivity index (χ0v) is 21.5. The van der Waals surface area contributed by atoms with Crippen LogP contribution in [-0.2, 0) is 19.2 Å². The van der Waals surface area contributed by atoms with Crippen LogP contribution >= 0.6 is 0 Å². The molecule has 2 aromatic rings. The quantitative estimate of drug-likeness (QED) is 0.588. The van der Waals surface area contributed by atoms with Crippen LogP contribution in [0, 0.1) is 25.7 Å². The topological polar surface area (TPSA) is 98.8 Å². The first kappa shape index (κ1) is 26.9. The van der Waals surface area contributed by atoms with E-state index in [0.717, 1.165) is 17.5 Å². The number of benzene rings is 2. The highest BCUT2D eigenvalue weighted by molar-refractivity contribution is 5.96. The Hall–Kier alpha value is -3.68. The van der Waals surface area contributed by atoms with E-state index in [9.17, 15) is 19.2 Å². The molecule has 4 amide bonds.